The molecular formula is C29H48O5Si. The lowest BCUT2D eigenvalue weighted by Gasteiger charge is -2.61. The molecule has 198 valence electrons. The number of hydrogen-bond donors (Lipinski definition) is 0. The maximum Gasteiger partial charge on any atom is 0.192 e. The van der Waals surface area contributed by atoms with Gasteiger partial charge in [0.25, 0.3) is 0 Å². The Balaban J connectivity index is 1.41. The van der Waals surface area contributed by atoms with Crippen molar-refractivity contribution in [2.24, 2.45) is 28.6 Å². The molecule has 3 saturated carbocycles. The molecule has 6 heteroatoms. The molecule has 0 radical (unpaired) electrons. The molecule has 2 saturated heterocycles. The summed E-state index contributed by atoms with van der Waals surface area (Å²) in [5.74, 6) is 0.941. The van der Waals surface area contributed by atoms with Crippen molar-refractivity contribution in [1.82, 2.24) is 0 Å². The van der Waals surface area contributed by atoms with E-state index in [1.54, 1.807) is 5.57 Å². The summed E-state index contributed by atoms with van der Waals surface area (Å²) in [6, 6.07) is 0. The molecule has 6 rings (SSSR count). The van der Waals surface area contributed by atoms with Crippen molar-refractivity contribution in [1.29, 1.82) is 0 Å². The molecule has 0 N–H and O–H groups in total. The molecule has 0 aromatic carbocycles. The number of ether oxygens (including phenoxy) is 4. The minimum absolute atomic E-state index is 0.0645. The van der Waals surface area contributed by atoms with Crippen molar-refractivity contribution in [2.45, 2.75) is 115 Å². The maximum absolute atomic E-state index is 7.36. The van der Waals surface area contributed by atoms with E-state index in [-0.39, 0.29) is 27.8 Å². The Morgan fingerprint density at radius 2 is 1.49 bits per heavy atom. The fourth-order valence-electron chi connectivity index (χ4n) is 8.83. The zero-order valence-electron chi connectivity index (χ0n) is 23.2. The lowest BCUT2D eigenvalue weighted by atomic mass is 9.47. The van der Waals surface area contributed by atoms with E-state index in [4.69, 9.17) is 23.4 Å². The Kier molecular flexibility index (Phi) is 5.65. The van der Waals surface area contributed by atoms with Gasteiger partial charge in [0.1, 0.15) is 0 Å². The van der Waals surface area contributed by atoms with Crippen LogP contribution in [0, 0.1) is 28.6 Å². The van der Waals surface area contributed by atoms with Gasteiger partial charge in [-0.25, -0.2) is 0 Å². The molecule has 0 aromatic rings. The van der Waals surface area contributed by atoms with E-state index in [1.165, 1.54) is 19.3 Å². The minimum Gasteiger partial charge on any atom is -0.410 e. The Bertz CT molecular complexity index is 880. The maximum atomic E-state index is 7.36. The highest BCUT2D eigenvalue weighted by Crippen LogP contribution is 2.69. The Morgan fingerprint density at radius 3 is 2.14 bits per heavy atom. The monoisotopic (exact) mass is 504 g/mol. The first-order valence-electron chi connectivity index (χ1n) is 14.3. The van der Waals surface area contributed by atoms with Gasteiger partial charge in [-0.1, -0.05) is 46.3 Å². The first kappa shape index (κ1) is 25.1. The van der Waals surface area contributed by atoms with Crippen LogP contribution >= 0.6 is 0 Å². The van der Waals surface area contributed by atoms with Crippen LogP contribution in [-0.2, 0) is 23.4 Å². The Hall–Kier alpha value is -0.243. The van der Waals surface area contributed by atoms with Gasteiger partial charge in [-0.2, -0.15) is 0 Å². The highest BCUT2D eigenvalue weighted by Gasteiger charge is 2.69. The van der Waals surface area contributed by atoms with Crippen molar-refractivity contribution in [2.75, 3.05) is 26.4 Å². The molecule has 2 aliphatic heterocycles. The second kappa shape index (κ2) is 7.89. The summed E-state index contributed by atoms with van der Waals surface area (Å²) in [5, 5.41) is 0.180. The SMILES string of the molecule is CC(C)(C)[Si](C)(C)O[C@H]1C=C2CC3(CC[C@]2(C)C2CC[C@@]4(C)C(CCC45OCCO5)C21)OCCO3. The first-order valence-corrected chi connectivity index (χ1v) is 17.2. The van der Waals surface area contributed by atoms with Crippen LogP contribution in [0.2, 0.25) is 18.1 Å². The molecule has 2 spiro atoms. The fraction of sp³-hybridized carbons (Fsp3) is 0.931. The molecule has 2 heterocycles. The average molecular weight is 505 g/mol. The van der Waals surface area contributed by atoms with E-state index in [0.29, 0.717) is 17.8 Å². The third-order valence-corrected chi connectivity index (χ3v) is 16.4. The summed E-state index contributed by atoms with van der Waals surface area (Å²) in [6.45, 7) is 19.9. The Morgan fingerprint density at radius 1 is 0.857 bits per heavy atom. The number of rotatable bonds is 2. The average Bonchev–Trinajstić information content (AvgIpc) is 3.50. The summed E-state index contributed by atoms with van der Waals surface area (Å²) in [4.78, 5) is 0. The first-order chi connectivity index (χ1) is 16.4. The molecule has 3 unspecified atom stereocenters. The van der Waals surface area contributed by atoms with Crippen LogP contribution in [0.25, 0.3) is 0 Å². The quantitative estimate of drug-likeness (QED) is 0.320. The van der Waals surface area contributed by atoms with Crippen LogP contribution in [-0.4, -0.2) is 52.4 Å². The van der Waals surface area contributed by atoms with Gasteiger partial charge >= 0.3 is 0 Å². The lowest BCUT2D eigenvalue weighted by Crippen LogP contribution is -2.60. The standard InChI is InChI=1S/C29H48O5Si/c1-25(2,3)35(6,7)34-23-18-20-19-28(30-14-15-31-28)13-12-26(20,4)21-8-10-27(5)22(24(21)23)9-11-29(27)32-16-17-33-29/h18,21-24H,8-17,19H2,1-7H3/t21?,22?,23-,24?,26-,27-/m0/s1. The van der Waals surface area contributed by atoms with Crippen LogP contribution in [0.4, 0.5) is 0 Å². The normalized spacial score (nSPS) is 44.3. The van der Waals surface area contributed by atoms with Crippen LogP contribution in [0.1, 0.15) is 79.6 Å². The second-order valence-corrected chi connectivity index (χ2v) is 19.2. The molecule has 6 atom stereocenters. The highest BCUT2D eigenvalue weighted by atomic mass is 28.4. The van der Waals surface area contributed by atoms with E-state index in [9.17, 15) is 0 Å². The lowest BCUT2D eigenvalue weighted by molar-refractivity contribution is -0.247. The topological polar surface area (TPSA) is 46.2 Å². The van der Waals surface area contributed by atoms with Gasteiger partial charge in [0.15, 0.2) is 19.9 Å². The summed E-state index contributed by atoms with van der Waals surface area (Å²) < 4.78 is 32.7. The third-order valence-electron chi connectivity index (χ3n) is 12.0. The van der Waals surface area contributed by atoms with Crippen molar-refractivity contribution < 1.29 is 23.4 Å². The van der Waals surface area contributed by atoms with Crippen LogP contribution in [0.5, 0.6) is 0 Å². The van der Waals surface area contributed by atoms with Gasteiger partial charge in [0, 0.05) is 24.7 Å². The molecule has 6 aliphatic rings. The molecule has 35 heavy (non-hydrogen) atoms. The summed E-state index contributed by atoms with van der Waals surface area (Å²) in [6.07, 6.45) is 10.4. The van der Waals surface area contributed by atoms with Crippen molar-refractivity contribution in [3.05, 3.63) is 11.6 Å². The third kappa shape index (κ3) is 3.49. The zero-order valence-corrected chi connectivity index (χ0v) is 24.2. The predicted molar refractivity (Wildman–Crippen MR) is 138 cm³/mol. The molecule has 0 amide bonds. The summed E-state index contributed by atoms with van der Waals surface area (Å²) >= 11 is 0. The summed E-state index contributed by atoms with van der Waals surface area (Å²) in [7, 11) is -1.97. The zero-order chi connectivity index (χ0) is 24.9. The predicted octanol–water partition coefficient (Wildman–Crippen LogP) is 6.44. The van der Waals surface area contributed by atoms with E-state index < -0.39 is 14.1 Å². The number of fused-ring (bicyclic) bond motifs is 6. The van der Waals surface area contributed by atoms with E-state index in [1.807, 2.05) is 0 Å². The van der Waals surface area contributed by atoms with E-state index in [2.05, 4.69) is 53.8 Å². The molecule has 0 bridgehead atoms. The second-order valence-electron chi connectivity index (χ2n) is 14.5. The van der Waals surface area contributed by atoms with Crippen molar-refractivity contribution >= 4 is 8.32 Å². The van der Waals surface area contributed by atoms with Gasteiger partial charge in [-0.15, -0.1) is 0 Å². The largest absolute Gasteiger partial charge is 0.410 e. The molecule has 5 fully saturated rings. The van der Waals surface area contributed by atoms with Gasteiger partial charge in [0.2, 0.25) is 0 Å². The highest BCUT2D eigenvalue weighted by molar-refractivity contribution is 6.74. The minimum atomic E-state index is -1.97. The number of hydrogen-bond acceptors (Lipinski definition) is 5. The van der Waals surface area contributed by atoms with E-state index in [0.717, 1.165) is 52.1 Å². The molecule has 4 aliphatic carbocycles. The molecule has 0 aromatic heterocycles. The van der Waals surface area contributed by atoms with Gasteiger partial charge < -0.3 is 23.4 Å². The summed E-state index contributed by atoms with van der Waals surface area (Å²) in [5.41, 5.74) is 1.81. The van der Waals surface area contributed by atoms with Gasteiger partial charge in [-0.05, 0) is 67.0 Å². The molecular weight excluding hydrogens is 456 g/mol. The van der Waals surface area contributed by atoms with Crippen LogP contribution < -0.4 is 0 Å². The van der Waals surface area contributed by atoms with Crippen LogP contribution in [0.15, 0.2) is 11.6 Å². The van der Waals surface area contributed by atoms with E-state index >= 15 is 0 Å². The van der Waals surface area contributed by atoms with Crippen LogP contribution in [0.3, 0.4) is 0 Å². The molecule has 5 nitrogen and oxygen atoms in total. The fourth-order valence-corrected chi connectivity index (χ4v) is 10.1. The van der Waals surface area contributed by atoms with Crippen molar-refractivity contribution in [3.8, 4) is 0 Å². The van der Waals surface area contributed by atoms with Gasteiger partial charge in [-0.3, -0.25) is 0 Å². The smallest absolute Gasteiger partial charge is 0.192 e. The van der Waals surface area contributed by atoms with Crippen molar-refractivity contribution in [3.63, 3.8) is 0 Å². The van der Waals surface area contributed by atoms with Gasteiger partial charge in [0.05, 0.1) is 32.5 Å². The Labute approximate surface area is 213 Å².